The summed E-state index contributed by atoms with van der Waals surface area (Å²) in [4.78, 5) is 27.5. The number of aryl methyl sites for hydroxylation is 1. The molecule has 2 N–H and O–H groups in total. The third-order valence-corrected chi connectivity index (χ3v) is 5.56. The summed E-state index contributed by atoms with van der Waals surface area (Å²) in [6.45, 7) is 1.49. The van der Waals surface area contributed by atoms with Crippen molar-refractivity contribution < 1.29 is 28.6 Å². The number of nitrogens with zero attached hydrogens (tertiary/aromatic N) is 3. The first-order valence-electron chi connectivity index (χ1n) is 9.80. The summed E-state index contributed by atoms with van der Waals surface area (Å²) >= 11 is 3.39. The highest BCUT2D eigenvalue weighted by Crippen LogP contribution is 2.30. The summed E-state index contributed by atoms with van der Waals surface area (Å²) < 4.78 is 16.8. The fourth-order valence-electron chi connectivity index (χ4n) is 2.93. The largest absolute Gasteiger partial charge is 0.478 e. The van der Waals surface area contributed by atoms with Crippen molar-refractivity contribution in [2.24, 2.45) is 5.10 Å². The Hall–Kier alpha value is -4.01. The van der Waals surface area contributed by atoms with E-state index in [-0.39, 0.29) is 23.6 Å². The van der Waals surface area contributed by atoms with Crippen molar-refractivity contribution in [3.63, 3.8) is 0 Å². The number of halogens is 1. The molecule has 3 aromatic rings. The molecule has 0 aliphatic carbocycles. The van der Waals surface area contributed by atoms with Crippen LogP contribution in [0.1, 0.15) is 32.9 Å². The Bertz CT molecular complexity index is 1300. The van der Waals surface area contributed by atoms with Gasteiger partial charge in [-0.15, -0.1) is 0 Å². The van der Waals surface area contributed by atoms with Gasteiger partial charge in [-0.2, -0.15) is 10.4 Å². The Morgan fingerprint density at radius 1 is 1.35 bits per heavy atom. The molecule has 34 heavy (non-hydrogen) atoms. The van der Waals surface area contributed by atoms with Crippen LogP contribution in [0.2, 0.25) is 0 Å². The van der Waals surface area contributed by atoms with Crippen molar-refractivity contribution in [3.05, 3.63) is 69.0 Å². The number of methoxy groups -OCH3 is 1. The fourth-order valence-corrected chi connectivity index (χ4v) is 3.33. The van der Waals surface area contributed by atoms with Gasteiger partial charge in [0.25, 0.3) is 5.91 Å². The van der Waals surface area contributed by atoms with Crippen molar-refractivity contribution >= 4 is 34.0 Å². The van der Waals surface area contributed by atoms with E-state index in [1.165, 1.54) is 25.5 Å². The van der Waals surface area contributed by atoms with Crippen molar-refractivity contribution in [1.29, 1.82) is 5.26 Å². The molecule has 0 spiro atoms. The zero-order valence-electron chi connectivity index (χ0n) is 18.2. The van der Waals surface area contributed by atoms with Crippen molar-refractivity contribution in [2.45, 2.75) is 13.5 Å². The first-order valence-corrected chi connectivity index (χ1v) is 10.6. The normalized spacial score (nSPS) is 10.8. The molecular formula is C23H19BrN4O6. The maximum atomic E-state index is 12.1. The molecule has 10 nitrogen and oxygen atoms in total. The lowest BCUT2D eigenvalue weighted by atomic mass is 10.1. The molecule has 0 radical (unpaired) electrons. The quantitative estimate of drug-likeness (QED) is 0.317. The molecule has 174 valence electrons. The van der Waals surface area contributed by atoms with Crippen molar-refractivity contribution in [1.82, 2.24) is 10.4 Å². The standard InChI is InChI=1S/C23H19BrN4O6/c1-13-21(24)18(11-32-2)17(9-25)22(27-13)33-12-20(29)28-26-10-16-6-7-19(34-16)14-4-3-5-15(8-14)23(30)31/h3-8,10H,11-12H2,1-2H3,(H,28,29)(H,30,31). The van der Waals surface area contributed by atoms with Crippen LogP contribution in [0.4, 0.5) is 0 Å². The number of furan rings is 1. The average Bonchev–Trinajstić information content (AvgIpc) is 3.30. The van der Waals surface area contributed by atoms with Crippen LogP contribution in [0, 0.1) is 18.3 Å². The number of nitrogens with one attached hydrogen (secondary N) is 1. The second kappa shape index (κ2) is 11.2. The monoisotopic (exact) mass is 526 g/mol. The number of pyridine rings is 1. The molecule has 0 atom stereocenters. The predicted molar refractivity (Wildman–Crippen MR) is 124 cm³/mol. The van der Waals surface area contributed by atoms with Gasteiger partial charge in [-0.05, 0) is 47.1 Å². The molecule has 2 aromatic heterocycles. The molecule has 0 saturated carbocycles. The number of carboxylic acid groups (broad SMARTS) is 1. The van der Waals surface area contributed by atoms with Gasteiger partial charge in [0.2, 0.25) is 5.88 Å². The third-order valence-electron chi connectivity index (χ3n) is 4.51. The van der Waals surface area contributed by atoms with Gasteiger partial charge in [-0.25, -0.2) is 15.2 Å². The molecule has 1 aromatic carbocycles. The number of hydrazone groups is 1. The lowest BCUT2D eigenvalue weighted by molar-refractivity contribution is -0.123. The van der Waals surface area contributed by atoms with Crippen LogP contribution in [0.5, 0.6) is 5.88 Å². The summed E-state index contributed by atoms with van der Waals surface area (Å²) in [5, 5.41) is 22.4. The molecule has 3 rings (SSSR count). The molecule has 11 heteroatoms. The molecule has 0 bridgehead atoms. The molecule has 0 saturated heterocycles. The Labute approximate surface area is 202 Å². The fraction of sp³-hybridized carbons (Fsp3) is 0.174. The number of rotatable bonds is 9. The minimum Gasteiger partial charge on any atom is -0.478 e. The van der Waals surface area contributed by atoms with Crippen LogP contribution < -0.4 is 10.2 Å². The summed E-state index contributed by atoms with van der Waals surface area (Å²) in [6.07, 6.45) is 1.29. The highest BCUT2D eigenvalue weighted by molar-refractivity contribution is 9.10. The van der Waals surface area contributed by atoms with E-state index in [2.05, 4.69) is 31.4 Å². The van der Waals surface area contributed by atoms with Crippen LogP contribution in [0.25, 0.3) is 11.3 Å². The molecular weight excluding hydrogens is 508 g/mol. The number of aromatic carboxylic acids is 1. The Kier molecular flexibility index (Phi) is 8.13. The minimum absolute atomic E-state index is 0.0219. The second-order valence-electron chi connectivity index (χ2n) is 6.88. The lowest BCUT2D eigenvalue weighted by Gasteiger charge is -2.13. The molecule has 0 aliphatic heterocycles. The van der Waals surface area contributed by atoms with Crippen LogP contribution in [-0.2, 0) is 16.1 Å². The van der Waals surface area contributed by atoms with E-state index in [4.69, 9.17) is 19.0 Å². The zero-order chi connectivity index (χ0) is 24.7. The number of nitriles is 1. The minimum atomic E-state index is -1.04. The van der Waals surface area contributed by atoms with Gasteiger partial charge in [0.05, 0.1) is 24.1 Å². The summed E-state index contributed by atoms with van der Waals surface area (Å²) in [5.74, 6) is -0.791. The number of benzene rings is 1. The van der Waals surface area contributed by atoms with E-state index in [0.29, 0.717) is 32.8 Å². The van der Waals surface area contributed by atoms with E-state index < -0.39 is 18.5 Å². The van der Waals surface area contributed by atoms with E-state index >= 15 is 0 Å². The number of aromatic nitrogens is 1. The smallest absolute Gasteiger partial charge is 0.335 e. The zero-order valence-corrected chi connectivity index (χ0v) is 19.7. The number of carboxylic acids is 1. The number of hydrogen-bond acceptors (Lipinski definition) is 8. The number of carbonyl (C=O) groups excluding carboxylic acids is 1. The van der Waals surface area contributed by atoms with E-state index in [0.717, 1.165) is 0 Å². The molecule has 1 amide bonds. The molecule has 0 unspecified atom stereocenters. The van der Waals surface area contributed by atoms with E-state index in [1.54, 1.807) is 31.2 Å². The molecule has 0 fully saturated rings. The highest BCUT2D eigenvalue weighted by Gasteiger charge is 2.18. The topological polar surface area (TPSA) is 147 Å². The Balaban J connectivity index is 1.61. The maximum Gasteiger partial charge on any atom is 0.335 e. The van der Waals surface area contributed by atoms with Gasteiger partial charge in [-0.3, -0.25) is 4.79 Å². The van der Waals surface area contributed by atoms with Crippen LogP contribution in [0.15, 0.2) is 50.4 Å². The van der Waals surface area contributed by atoms with Gasteiger partial charge >= 0.3 is 5.97 Å². The second-order valence-corrected chi connectivity index (χ2v) is 7.68. The van der Waals surface area contributed by atoms with Crippen LogP contribution in [-0.4, -0.2) is 41.9 Å². The van der Waals surface area contributed by atoms with Gasteiger partial charge in [0.1, 0.15) is 23.2 Å². The number of hydrogen-bond donors (Lipinski definition) is 2. The Morgan fingerprint density at radius 2 is 2.15 bits per heavy atom. The predicted octanol–water partition coefficient (Wildman–Crippen LogP) is 3.66. The van der Waals surface area contributed by atoms with E-state index in [9.17, 15) is 14.9 Å². The number of carbonyl (C=O) groups is 2. The SMILES string of the molecule is COCc1c(Br)c(C)nc(OCC(=O)NN=Cc2ccc(-c3cccc(C(=O)O)c3)o2)c1C#N. The number of ether oxygens (including phenoxy) is 2. The van der Waals surface area contributed by atoms with E-state index in [1.807, 2.05) is 6.07 Å². The van der Waals surface area contributed by atoms with Gasteiger partial charge in [0, 0.05) is 22.7 Å². The summed E-state index contributed by atoms with van der Waals surface area (Å²) in [5.41, 5.74) is 4.37. The first-order chi connectivity index (χ1) is 16.3. The van der Waals surface area contributed by atoms with Gasteiger partial charge < -0.3 is 19.0 Å². The number of amides is 1. The summed E-state index contributed by atoms with van der Waals surface area (Å²) in [6, 6.07) is 11.6. The Morgan fingerprint density at radius 3 is 2.85 bits per heavy atom. The maximum absolute atomic E-state index is 12.1. The summed E-state index contributed by atoms with van der Waals surface area (Å²) in [7, 11) is 1.50. The van der Waals surface area contributed by atoms with Gasteiger partial charge in [0.15, 0.2) is 6.61 Å². The molecule has 0 aliphatic rings. The van der Waals surface area contributed by atoms with Crippen LogP contribution >= 0.6 is 15.9 Å². The van der Waals surface area contributed by atoms with Crippen molar-refractivity contribution in [2.75, 3.05) is 13.7 Å². The average molecular weight is 527 g/mol. The third kappa shape index (κ3) is 5.86. The molecule has 2 heterocycles. The lowest BCUT2D eigenvalue weighted by Crippen LogP contribution is -2.25. The van der Waals surface area contributed by atoms with Gasteiger partial charge in [-0.1, -0.05) is 12.1 Å². The van der Waals surface area contributed by atoms with Crippen LogP contribution in [0.3, 0.4) is 0 Å². The first kappa shape index (κ1) is 24.6. The van der Waals surface area contributed by atoms with Crippen molar-refractivity contribution in [3.8, 4) is 23.3 Å². The highest BCUT2D eigenvalue weighted by atomic mass is 79.9.